The van der Waals surface area contributed by atoms with Crippen molar-refractivity contribution in [2.75, 3.05) is 11.9 Å². The number of carbonyl (C=O) groups is 1. The molecule has 126 valence electrons. The first kappa shape index (κ1) is 17.8. The van der Waals surface area contributed by atoms with Crippen LogP contribution in [0, 0.1) is 6.92 Å². The fourth-order valence-electron chi connectivity index (χ4n) is 2.10. The highest BCUT2D eigenvalue weighted by molar-refractivity contribution is 7.80. The van der Waals surface area contributed by atoms with E-state index < -0.39 is 5.97 Å². The SMILES string of the molecule is CCOC(=O)c1cnc(NC(=S)NC(C)c2ccccc2)nc1C. The van der Waals surface area contributed by atoms with Gasteiger partial charge in [0.1, 0.15) is 0 Å². The van der Waals surface area contributed by atoms with Crippen LogP contribution in [0.15, 0.2) is 36.5 Å². The number of esters is 1. The Bertz CT molecular complexity index is 722. The van der Waals surface area contributed by atoms with E-state index in [4.69, 9.17) is 17.0 Å². The molecule has 2 aromatic rings. The maximum absolute atomic E-state index is 11.7. The third kappa shape index (κ3) is 4.73. The monoisotopic (exact) mass is 344 g/mol. The highest BCUT2D eigenvalue weighted by Crippen LogP contribution is 2.12. The molecule has 6 nitrogen and oxygen atoms in total. The van der Waals surface area contributed by atoms with Crippen molar-refractivity contribution >= 4 is 29.2 Å². The zero-order valence-corrected chi connectivity index (χ0v) is 14.7. The third-order valence-corrected chi connectivity index (χ3v) is 3.57. The van der Waals surface area contributed by atoms with Crippen LogP contribution in [-0.4, -0.2) is 27.7 Å². The molecule has 0 saturated carbocycles. The van der Waals surface area contributed by atoms with Crippen LogP contribution in [0.25, 0.3) is 0 Å². The second kappa shape index (κ2) is 8.35. The first-order valence-electron chi connectivity index (χ1n) is 7.64. The molecule has 0 aliphatic carbocycles. The predicted octanol–water partition coefficient (Wildman–Crippen LogP) is 3.01. The normalized spacial score (nSPS) is 11.5. The summed E-state index contributed by atoms with van der Waals surface area (Å²) in [6, 6.07) is 10.0. The minimum atomic E-state index is -0.431. The van der Waals surface area contributed by atoms with Crippen LogP contribution in [0.2, 0.25) is 0 Å². The van der Waals surface area contributed by atoms with Crippen molar-refractivity contribution in [1.82, 2.24) is 15.3 Å². The second-order valence-corrected chi connectivity index (χ2v) is 5.55. The van der Waals surface area contributed by atoms with Crippen LogP contribution in [0.5, 0.6) is 0 Å². The van der Waals surface area contributed by atoms with E-state index in [2.05, 4.69) is 20.6 Å². The number of benzene rings is 1. The van der Waals surface area contributed by atoms with E-state index in [9.17, 15) is 4.79 Å². The number of hydrogen-bond donors (Lipinski definition) is 2. The molecule has 0 amide bonds. The molecule has 1 aromatic heterocycles. The Morgan fingerprint density at radius 2 is 2.04 bits per heavy atom. The molecule has 2 N–H and O–H groups in total. The van der Waals surface area contributed by atoms with Crippen LogP contribution in [0.4, 0.5) is 5.95 Å². The fraction of sp³-hybridized carbons (Fsp3) is 0.294. The molecule has 1 heterocycles. The second-order valence-electron chi connectivity index (χ2n) is 5.14. The summed E-state index contributed by atoms with van der Waals surface area (Å²) < 4.78 is 4.95. The fourth-order valence-corrected chi connectivity index (χ4v) is 2.36. The van der Waals surface area contributed by atoms with Gasteiger partial charge in [-0.25, -0.2) is 14.8 Å². The van der Waals surface area contributed by atoms with E-state index in [-0.39, 0.29) is 6.04 Å². The molecule has 0 aliphatic heterocycles. The molecule has 0 bridgehead atoms. The van der Waals surface area contributed by atoms with E-state index in [0.717, 1.165) is 5.56 Å². The Labute approximate surface area is 146 Å². The molecule has 1 atom stereocenters. The summed E-state index contributed by atoms with van der Waals surface area (Å²) in [5.41, 5.74) is 2.00. The Balaban J connectivity index is 1.99. The summed E-state index contributed by atoms with van der Waals surface area (Å²) in [5.74, 6) is -0.0988. The average molecular weight is 344 g/mol. The topological polar surface area (TPSA) is 76.1 Å². The number of nitrogens with one attached hydrogen (secondary N) is 2. The van der Waals surface area contributed by atoms with Crippen molar-refractivity contribution in [3.8, 4) is 0 Å². The molecule has 24 heavy (non-hydrogen) atoms. The lowest BCUT2D eigenvalue weighted by atomic mass is 10.1. The number of ether oxygens (including phenoxy) is 1. The Morgan fingerprint density at radius 3 is 2.67 bits per heavy atom. The Morgan fingerprint density at radius 1 is 1.33 bits per heavy atom. The predicted molar refractivity (Wildman–Crippen MR) is 96.9 cm³/mol. The first-order chi connectivity index (χ1) is 11.5. The number of thiocarbonyl (C=S) groups is 1. The lowest BCUT2D eigenvalue weighted by Crippen LogP contribution is -2.31. The highest BCUT2D eigenvalue weighted by Gasteiger charge is 2.13. The molecule has 0 fully saturated rings. The van der Waals surface area contributed by atoms with Crippen LogP contribution in [-0.2, 0) is 4.74 Å². The summed E-state index contributed by atoms with van der Waals surface area (Å²) in [4.78, 5) is 20.1. The van der Waals surface area contributed by atoms with Gasteiger partial charge in [0.2, 0.25) is 5.95 Å². The number of aryl methyl sites for hydroxylation is 1. The van der Waals surface area contributed by atoms with Crippen molar-refractivity contribution in [1.29, 1.82) is 0 Å². The molecule has 1 unspecified atom stereocenters. The Hall–Kier alpha value is -2.54. The van der Waals surface area contributed by atoms with Crippen molar-refractivity contribution < 1.29 is 9.53 Å². The van der Waals surface area contributed by atoms with E-state index in [0.29, 0.717) is 28.9 Å². The van der Waals surface area contributed by atoms with Gasteiger partial charge in [-0.05, 0) is 38.6 Å². The summed E-state index contributed by atoms with van der Waals surface area (Å²) in [6.07, 6.45) is 1.44. The summed E-state index contributed by atoms with van der Waals surface area (Å²) in [6.45, 7) is 5.80. The zero-order valence-electron chi connectivity index (χ0n) is 13.9. The van der Waals surface area contributed by atoms with Crippen molar-refractivity contribution in [3.63, 3.8) is 0 Å². The van der Waals surface area contributed by atoms with Crippen molar-refractivity contribution in [2.24, 2.45) is 0 Å². The van der Waals surface area contributed by atoms with Gasteiger partial charge >= 0.3 is 5.97 Å². The maximum Gasteiger partial charge on any atom is 0.341 e. The van der Waals surface area contributed by atoms with Crippen LogP contribution in [0.3, 0.4) is 0 Å². The zero-order chi connectivity index (χ0) is 17.5. The smallest absolute Gasteiger partial charge is 0.341 e. The molecular weight excluding hydrogens is 324 g/mol. The summed E-state index contributed by atoms with van der Waals surface area (Å²) in [7, 11) is 0. The number of nitrogens with zero attached hydrogens (tertiary/aromatic N) is 2. The number of hydrogen-bond acceptors (Lipinski definition) is 5. The number of carbonyl (C=O) groups excluding carboxylic acids is 1. The van der Waals surface area contributed by atoms with Gasteiger partial charge in [0.15, 0.2) is 5.11 Å². The molecule has 1 aromatic carbocycles. The van der Waals surface area contributed by atoms with Gasteiger partial charge in [-0.3, -0.25) is 0 Å². The van der Waals surface area contributed by atoms with Gasteiger partial charge in [-0.15, -0.1) is 0 Å². The van der Waals surface area contributed by atoms with E-state index in [1.165, 1.54) is 6.20 Å². The minimum Gasteiger partial charge on any atom is -0.462 e. The van der Waals surface area contributed by atoms with Crippen LogP contribution in [0.1, 0.15) is 41.5 Å². The molecule has 0 saturated heterocycles. The van der Waals surface area contributed by atoms with Gasteiger partial charge in [0, 0.05) is 6.20 Å². The summed E-state index contributed by atoms with van der Waals surface area (Å²) >= 11 is 5.29. The minimum absolute atomic E-state index is 0.0473. The molecular formula is C17H20N4O2S. The molecule has 2 rings (SSSR count). The largest absolute Gasteiger partial charge is 0.462 e. The van der Waals surface area contributed by atoms with Crippen molar-refractivity contribution in [2.45, 2.75) is 26.8 Å². The maximum atomic E-state index is 11.7. The van der Waals surface area contributed by atoms with E-state index in [1.54, 1.807) is 13.8 Å². The van der Waals surface area contributed by atoms with Crippen LogP contribution >= 0.6 is 12.2 Å². The number of anilines is 1. The van der Waals surface area contributed by atoms with Gasteiger partial charge < -0.3 is 15.4 Å². The summed E-state index contributed by atoms with van der Waals surface area (Å²) in [5, 5.41) is 6.51. The molecule has 0 aliphatic rings. The first-order valence-corrected chi connectivity index (χ1v) is 8.05. The lowest BCUT2D eigenvalue weighted by molar-refractivity contribution is 0.0524. The molecule has 0 radical (unpaired) electrons. The van der Waals surface area contributed by atoms with Crippen molar-refractivity contribution in [3.05, 3.63) is 53.3 Å². The van der Waals surface area contributed by atoms with Crippen LogP contribution < -0.4 is 10.6 Å². The molecule has 7 heteroatoms. The average Bonchev–Trinajstić information content (AvgIpc) is 2.55. The molecule has 0 spiro atoms. The third-order valence-electron chi connectivity index (χ3n) is 3.35. The van der Waals surface area contributed by atoms with Gasteiger partial charge in [0.25, 0.3) is 0 Å². The highest BCUT2D eigenvalue weighted by atomic mass is 32.1. The van der Waals surface area contributed by atoms with Gasteiger partial charge in [-0.2, -0.15) is 0 Å². The number of rotatable bonds is 5. The standard InChI is InChI=1S/C17H20N4O2S/c1-4-23-15(22)14-10-18-16(19-12(14)3)21-17(24)20-11(2)13-8-6-5-7-9-13/h5-11H,4H2,1-3H3,(H2,18,19,20,21,24). The van der Waals surface area contributed by atoms with E-state index >= 15 is 0 Å². The van der Waals surface area contributed by atoms with E-state index in [1.807, 2.05) is 37.3 Å². The Kier molecular flexibility index (Phi) is 6.20. The number of aromatic nitrogens is 2. The van der Waals surface area contributed by atoms with Gasteiger partial charge in [0.05, 0.1) is 23.9 Å². The lowest BCUT2D eigenvalue weighted by Gasteiger charge is -2.17. The van der Waals surface area contributed by atoms with Gasteiger partial charge in [-0.1, -0.05) is 30.3 Å². The quantitative estimate of drug-likeness (QED) is 0.638.